The van der Waals surface area contributed by atoms with Crippen LogP contribution in [-0.4, -0.2) is 36.3 Å². The first kappa shape index (κ1) is 58.1. The third kappa shape index (κ3) is 11.5. The highest BCUT2D eigenvalue weighted by Gasteiger charge is 2.72. The van der Waals surface area contributed by atoms with Crippen LogP contribution in [0.5, 0.6) is 40.2 Å². The first-order valence-electron chi connectivity index (χ1n) is 26.2. The maximum absolute atomic E-state index is 15.1. The highest BCUT2D eigenvalue weighted by atomic mass is 32.2. The summed E-state index contributed by atoms with van der Waals surface area (Å²) in [7, 11) is -6.34. The molecule has 0 radical (unpaired) electrons. The topological polar surface area (TPSA) is 105 Å². The van der Waals surface area contributed by atoms with Gasteiger partial charge in [-0.15, -0.1) is 0 Å². The van der Waals surface area contributed by atoms with Crippen LogP contribution in [0.4, 0.5) is 26.3 Å². The molecule has 0 aliphatic heterocycles. The van der Waals surface area contributed by atoms with Gasteiger partial charge >= 0.3 is 12.4 Å². The lowest BCUT2D eigenvalue weighted by atomic mass is 9.73. The molecule has 0 atom stereocenters. The van der Waals surface area contributed by atoms with Gasteiger partial charge in [0.15, 0.2) is 0 Å². The molecule has 0 heterocycles. The smallest absolute Gasteiger partial charge is 0.411 e. The summed E-state index contributed by atoms with van der Waals surface area (Å²) in [4.78, 5) is -0.155. The standard InChI is InChI=1S/C68H52F6O8S2/c1-45-15-33-57(34-16-45)83(75,76)58-35-27-54(28-36-58)80-52-23-17-48(18-24-52)66(67(69,70)71,68(72,73)74)49-19-25-53(26-20-49)81-55-29-37-59(38-30-55)84(77,78)60-39-31-56(32-40-60)82-64-42-22-51(44-62(64)47-13-9-6-10-14-47)65(2,3)50-21-41-63(79-4)61(43-50)46-11-7-5-8-12-46/h5-44H,1-4H3. The molecular formula is C68H52F6O8S2. The normalized spacial score (nSPS) is 12.4. The van der Waals surface area contributed by atoms with Crippen molar-refractivity contribution in [3.63, 3.8) is 0 Å². The molecule has 0 N–H and O–H groups in total. The molecule has 426 valence electrons. The zero-order chi connectivity index (χ0) is 59.7. The van der Waals surface area contributed by atoms with Crippen LogP contribution in [0.25, 0.3) is 22.3 Å². The molecule has 0 aliphatic carbocycles. The molecule has 0 saturated heterocycles. The van der Waals surface area contributed by atoms with Gasteiger partial charge in [0, 0.05) is 16.5 Å². The van der Waals surface area contributed by atoms with Crippen LogP contribution in [0.1, 0.15) is 41.7 Å². The molecule has 10 aromatic rings. The van der Waals surface area contributed by atoms with E-state index in [4.69, 9.17) is 18.9 Å². The summed E-state index contributed by atoms with van der Waals surface area (Å²) in [5.41, 5.74) is -0.581. The summed E-state index contributed by atoms with van der Waals surface area (Å²) >= 11 is 0. The monoisotopic (exact) mass is 1170 g/mol. The van der Waals surface area contributed by atoms with E-state index < -0.39 is 54.0 Å². The van der Waals surface area contributed by atoms with Crippen LogP contribution in [0.2, 0.25) is 0 Å². The van der Waals surface area contributed by atoms with E-state index in [1.54, 1.807) is 31.4 Å². The fraction of sp³-hybridized carbons (Fsp3) is 0.118. The van der Waals surface area contributed by atoms with Gasteiger partial charge in [0.25, 0.3) is 0 Å². The Hall–Kier alpha value is -9.12. The average Bonchev–Trinajstić information content (AvgIpc) is 2.56. The highest BCUT2D eigenvalue weighted by molar-refractivity contribution is 7.91. The molecule has 0 fully saturated rings. The molecule has 0 aromatic heterocycles. The van der Waals surface area contributed by atoms with Gasteiger partial charge in [-0.25, -0.2) is 16.8 Å². The van der Waals surface area contributed by atoms with E-state index >= 15 is 26.3 Å². The summed E-state index contributed by atoms with van der Waals surface area (Å²) < 4.78 is 168. The Morgan fingerprint density at radius 2 is 0.643 bits per heavy atom. The van der Waals surface area contributed by atoms with Gasteiger partial charge in [-0.1, -0.05) is 129 Å². The van der Waals surface area contributed by atoms with Crippen molar-refractivity contribution in [1.82, 2.24) is 0 Å². The third-order valence-electron chi connectivity index (χ3n) is 14.6. The SMILES string of the molecule is COc1ccc(C(C)(C)c2ccc(Oc3ccc(S(=O)(=O)c4ccc(Oc5ccc(C(c6ccc(Oc7ccc(S(=O)(=O)c8ccc(C)cc8)cc7)cc6)(C(F)(F)F)C(F)(F)F)cc5)cc4)cc3)c(-c3ccccc3)c2)cc1-c1ccccc1. The molecule has 0 saturated carbocycles. The van der Waals surface area contributed by atoms with Gasteiger partial charge in [-0.2, -0.15) is 26.3 Å². The molecule has 0 unspecified atom stereocenters. The van der Waals surface area contributed by atoms with Crippen molar-refractivity contribution in [3.05, 3.63) is 270 Å². The summed E-state index contributed by atoms with van der Waals surface area (Å²) in [6.45, 7) is 6.12. The Labute approximate surface area is 483 Å². The van der Waals surface area contributed by atoms with Gasteiger partial charge in [0.05, 0.1) is 26.7 Å². The quantitative estimate of drug-likeness (QED) is 0.0830. The molecule has 0 spiro atoms. The van der Waals surface area contributed by atoms with E-state index in [1.807, 2.05) is 85.8 Å². The van der Waals surface area contributed by atoms with Crippen LogP contribution in [0.3, 0.4) is 0 Å². The molecule has 10 rings (SSSR count). The minimum Gasteiger partial charge on any atom is -0.496 e. The number of rotatable bonds is 17. The second kappa shape index (κ2) is 22.9. The molecule has 10 aromatic carbocycles. The van der Waals surface area contributed by atoms with Crippen LogP contribution < -0.4 is 18.9 Å². The zero-order valence-corrected chi connectivity index (χ0v) is 47.1. The Kier molecular flexibility index (Phi) is 15.8. The van der Waals surface area contributed by atoms with Crippen molar-refractivity contribution in [2.75, 3.05) is 7.11 Å². The summed E-state index contributed by atoms with van der Waals surface area (Å²) in [5, 5.41) is 0. The summed E-state index contributed by atoms with van der Waals surface area (Å²) in [6.07, 6.45) is -11.8. The van der Waals surface area contributed by atoms with Crippen molar-refractivity contribution in [1.29, 1.82) is 0 Å². The van der Waals surface area contributed by atoms with Crippen LogP contribution in [0.15, 0.2) is 262 Å². The van der Waals surface area contributed by atoms with Gasteiger partial charge in [-0.05, 0) is 174 Å². The second-order valence-corrected chi connectivity index (χ2v) is 24.2. The number of hydrogen-bond donors (Lipinski definition) is 0. The predicted octanol–water partition coefficient (Wildman–Crippen LogP) is 18.1. The molecular weight excluding hydrogens is 1120 g/mol. The van der Waals surface area contributed by atoms with E-state index in [2.05, 4.69) is 32.0 Å². The van der Waals surface area contributed by atoms with Crippen molar-refractivity contribution in [2.24, 2.45) is 0 Å². The van der Waals surface area contributed by atoms with Crippen LogP contribution >= 0.6 is 0 Å². The fourth-order valence-corrected chi connectivity index (χ4v) is 12.5. The molecule has 8 nitrogen and oxygen atoms in total. The van der Waals surface area contributed by atoms with Crippen LogP contribution in [0, 0.1) is 6.92 Å². The third-order valence-corrected chi connectivity index (χ3v) is 18.2. The number of benzene rings is 10. The highest BCUT2D eigenvalue weighted by Crippen LogP contribution is 2.57. The summed E-state index contributed by atoms with van der Waals surface area (Å²) in [5.74, 6) is 1.55. The molecule has 84 heavy (non-hydrogen) atoms. The van der Waals surface area contributed by atoms with Crippen molar-refractivity contribution in [2.45, 2.75) is 63.5 Å². The van der Waals surface area contributed by atoms with Crippen molar-refractivity contribution < 1.29 is 62.1 Å². The Morgan fingerprint density at radius 3 is 0.988 bits per heavy atom. The van der Waals surface area contributed by atoms with E-state index in [9.17, 15) is 16.8 Å². The minimum absolute atomic E-state index is 0.0473. The van der Waals surface area contributed by atoms with E-state index in [0.717, 1.165) is 69.0 Å². The molecule has 0 bridgehead atoms. The predicted molar refractivity (Wildman–Crippen MR) is 310 cm³/mol. The Bertz CT molecular complexity index is 4160. The van der Waals surface area contributed by atoms with Crippen molar-refractivity contribution in [3.8, 4) is 62.5 Å². The Morgan fingerprint density at radius 1 is 0.345 bits per heavy atom. The van der Waals surface area contributed by atoms with Gasteiger partial charge < -0.3 is 18.9 Å². The lowest BCUT2D eigenvalue weighted by Gasteiger charge is -2.38. The number of aryl methyl sites for hydroxylation is 1. The van der Waals surface area contributed by atoms with Gasteiger partial charge in [-0.3, -0.25) is 0 Å². The maximum atomic E-state index is 15.1. The van der Waals surface area contributed by atoms with E-state index in [0.29, 0.717) is 35.8 Å². The lowest BCUT2D eigenvalue weighted by molar-refractivity contribution is -0.288. The van der Waals surface area contributed by atoms with Gasteiger partial charge in [0.1, 0.15) is 40.2 Å². The van der Waals surface area contributed by atoms with E-state index in [1.165, 1.54) is 72.8 Å². The first-order chi connectivity index (χ1) is 40.0. The van der Waals surface area contributed by atoms with Crippen molar-refractivity contribution >= 4 is 19.7 Å². The first-order valence-corrected chi connectivity index (χ1v) is 29.1. The molecule has 0 amide bonds. The number of halogens is 6. The molecule has 0 aliphatic rings. The number of sulfone groups is 2. The summed E-state index contributed by atoms with van der Waals surface area (Å²) in [6, 6.07) is 61.0. The van der Waals surface area contributed by atoms with Gasteiger partial charge in [0.2, 0.25) is 25.1 Å². The fourth-order valence-electron chi connectivity index (χ4n) is 9.93. The maximum Gasteiger partial charge on any atom is 0.411 e. The zero-order valence-electron chi connectivity index (χ0n) is 45.4. The molecule has 16 heteroatoms. The number of methoxy groups -OCH3 is 1. The second-order valence-electron chi connectivity index (χ2n) is 20.3. The number of hydrogen-bond acceptors (Lipinski definition) is 8. The Balaban J connectivity index is 0.827. The largest absolute Gasteiger partial charge is 0.496 e. The van der Waals surface area contributed by atoms with E-state index in [-0.39, 0.29) is 42.6 Å². The number of alkyl halides is 6. The minimum atomic E-state index is -5.90. The number of ether oxygens (including phenoxy) is 4. The lowest BCUT2D eigenvalue weighted by Crippen LogP contribution is -2.54. The van der Waals surface area contributed by atoms with Crippen LogP contribution in [-0.2, 0) is 30.5 Å². The average molecular weight is 1180 g/mol.